The minimum absolute atomic E-state index is 0.0829. The van der Waals surface area contributed by atoms with Crippen molar-refractivity contribution in [1.82, 2.24) is 5.32 Å². The molecule has 1 atom stereocenters. The van der Waals surface area contributed by atoms with Crippen molar-refractivity contribution in [1.29, 1.82) is 0 Å². The fourth-order valence-corrected chi connectivity index (χ4v) is 4.00. The molecule has 160 valence electrons. The van der Waals surface area contributed by atoms with Gasteiger partial charge in [0.1, 0.15) is 0 Å². The topological polar surface area (TPSA) is 53.6 Å². The highest BCUT2D eigenvalue weighted by molar-refractivity contribution is 7.80. The summed E-state index contributed by atoms with van der Waals surface area (Å²) in [6.45, 7) is 8.50. The highest BCUT2D eigenvalue weighted by Crippen LogP contribution is 2.23. The van der Waals surface area contributed by atoms with E-state index in [9.17, 15) is 4.79 Å². The minimum Gasteiger partial charge on any atom is -0.462 e. The lowest BCUT2D eigenvalue weighted by molar-refractivity contribution is 0.0526. The number of carbonyl (C=O) groups excluding carboxylic acids is 1. The van der Waals surface area contributed by atoms with Crippen molar-refractivity contribution in [3.63, 3.8) is 0 Å². The van der Waals surface area contributed by atoms with Crippen molar-refractivity contribution < 1.29 is 9.53 Å². The van der Waals surface area contributed by atoms with Crippen LogP contribution in [0.15, 0.2) is 42.5 Å². The maximum atomic E-state index is 11.9. The van der Waals surface area contributed by atoms with Gasteiger partial charge in [-0.3, -0.25) is 0 Å². The second-order valence-corrected chi connectivity index (χ2v) is 8.12. The van der Waals surface area contributed by atoms with Crippen LogP contribution in [0, 0.1) is 6.92 Å². The highest BCUT2D eigenvalue weighted by Gasteiger charge is 2.13. The van der Waals surface area contributed by atoms with E-state index in [2.05, 4.69) is 46.7 Å². The van der Waals surface area contributed by atoms with Gasteiger partial charge in [-0.15, -0.1) is 0 Å². The Morgan fingerprint density at radius 3 is 2.47 bits per heavy atom. The maximum absolute atomic E-state index is 11.9. The molecule has 3 rings (SSSR count). The van der Waals surface area contributed by atoms with Crippen LogP contribution in [0.5, 0.6) is 0 Å². The minimum atomic E-state index is -0.311. The first kappa shape index (κ1) is 22.1. The third-order valence-corrected chi connectivity index (χ3v) is 5.67. The summed E-state index contributed by atoms with van der Waals surface area (Å²) in [5.74, 6) is -0.311. The van der Waals surface area contributed by atoms with Crippen molar-refractivity contribution in [2.24, 2.45) is 0 Å². The number of nitrogens with one attached hydrogen (secondary N) is 2. The van der Waals surface area contributed by atoms with Crippen LogP contribution < -0.4 is 15.5 Å². The van der Waals surface area contributed by atoms with Crippen molar-refractivity contribution in [2.45, 2.75) is 46.1 Å². The summed E-state index contributed by atoms with van der Waals surface area (Å²) >= 11 is 5.50. The van der Waals surface area contributed by atoms with Crippen molar-refractivity contribution in [3.05, 3.63) is 59.2 Å². The molecule has 5 nitrogen and oxygen atoms in total. The zero-order valence-corrected chi connectivity index (χ0v) is 18.8. The van der Waals surface area contributed by atoms with E-state index in [1.807, 2.05) is 19.1 Å². The van der Waals surface area contributed by atoms with E-state index < -0.39 is 0 Å². The molecule has 1 saturated heterocycles. The van der Waals surface area contributed by atoms with Crippen LogP contribution in [0.3, 0.4) is 0 Å². The van der Waals surface area contributed by atoms with Gasteiger partial charge in [0.2, 0.25) is 0 Å². The first-order chi connectivity index (χ1) is 14.5. The number of thiocarbonyl (C=S) groups is 1. The fraction of sp³-hybridized carbons (Fsp3) is 0.417. The van der Waals surface area contributed by atoms with Crippen molar-refractivity contribution >= 4 is 34.7 Å². The molecule has 1 aliphatic heterocycles. The van der Waals surface area contributed by atoms with Gasteiger partial charge in [0.25, 0.3) is 0 Å². The zero-order valence-electron chi connectivity index (χ0n) is 18.0. The Morgan fingerprint density at radius 1 is 1.13 bits per heavy atom. The number of carbonyl (C=O) groups is 1. The lowest BCUT2D eigenvalue weighted by Gasteiger charge is -2.29. The number of benzene rings is 2. The molecule has 0 aliphatic carbocycles. The average molecular weight is 426 g/mol. The van der Waals surface area contributed by atoms with Gasteiger partial charge in [-0.25, -0.2) is 4.79 Å². The molecule has 1 heterocycles. The molecule has 2 aromatic rings. The average Bonchev–Trinajstić information content (AvgIpc) is 2.76. The van der Waals surface area contributed by atoms with E-state index in [1.54, 1.807) is 13.0 Å². The van der Waals surface area contributed by atoms with Crippen LogP contribution in [-0.2, 0) is 4.74 Å². The highest BCUT2D eigenvalue weighted by atomic mass is 32.1. The zero-order chi connectivity index (χ0) is 21.5. The van der Waals surface area contributed by atoms with Crippen molar-refractivity contribution in [2.75, 3.05) is 29.9 Å². The number of hydrogen-bond acceptors (Lipinski definition) is 4. The fourth-order valence-electron chi connectivity index (χ4n) is 3.71. The maximum Gasteiger partial charge on any atom is 0.338 e. The molecule has 1 fully saturated rings. The van der Waals surface area contributed by atoms with Crippen molar-refractivity contribution in [3.8, 4) is 0 Å². The second kappa shape index (κ2) is 10.4. The molecule has 0 spiro atoms. The predicted octanol–water partition coefficient (Wildman–Crippen LogP) is 5.21. The molecule has 0 aromatic heterocycles. The summed E-state index contributed by atoms with van der Waals surface area (Å²) < 4.78 is 5.05. The molecule has 2 N–H and O–H groups in total. The van der Waals surface area contributed by atoms with Gasteiger partial charge in [-0.05, 0) is 93.7 Å². The summed E-state index contributed by atoms with van der Waals surface area (Å²) in [5.41, 5.74) is 4.83. The summed E-state index contributed by atoms with van der Waals surface area (Å²) in [6, 6.07) is 14.2. The standard InChI is InChI=1S/C24H31N3O2S/c1-4-29-23(28)20-10-13-22(17(2)16-20)26-24(30)25-18(3)19-8-11-21(12-9-19)27-14-6-5-7-15-27/h8-13,16,18H,4-7,14-15H2,1-3H3,(H2,25,26,30)/t18-/m0/s1. The number of ether oxygens (including phenoxy) is 1. The quantitative estimate of drug-likeness (QED) is 0.489. The molecule has 2 aromatic carbocycles. The lowest BCUT2D eigenvalue weighted by Crippen LogP contribution is -2.31. The largest absolute Gasteiger partial charge is 0.462 e. The molecule has 0 saturated carbocycles. The van der Waals surface area contributed by atoms with E-state index in [1.165, 1.54) is 30.5 Å². The Labute approximate surface area is 184 Å². The first-order valence-corrected chi connectivity index (χ1v) is 11.1. The monoisotopic (exact) mass is 425 g/mol. The van der Waals surface area contributed by atoms with E-state index >= 15 is 0 Å². The first-order valence-electron chi connectivity index (χ1n) is 10.7. The number of nitrogens with zero attached hydrogens (tertiary/aromatic N) is 1. The summed E-state index contributed by atoms with van der Waals surface area (Å²) in [7, 11) is 0. The number of anilines is 2. The molecule has 0 amide bonds. The third-order valence-electron chi connectivity index (χ3n) is 5.45. The molecular weight excluding hydrogens is 394 g/mol. The molecule has 6 heteroatoms. The predicted molar refractivity (Wildman–Crippen MR) is 127 cm³/mol. The number of esters is 1. The van der Waals surface area contributed by atoms with Crippen LogP contribution in [0.4, 0.5) is 11.4 Å². The summed E-state index contributed by atoms with van der Waals surface area (Å²) in [6.07, 6.45) is 3.89. The SMILES string of the molecule is CCOC(=O)c1ccc(NC(=S)N[C@@H](C)c2ccc(N3CCCCC3)cc2)c(C)c1. The molecule has 1 aliphatic rings. The summed E-state index contributed by atoms with van der Waals surface area (Å²) in [5, 5.41) is 7.13. The number of aryl methyl sites for hydroxylation is 1. The molecular formula is C24H31N3O2S. The Bertz CT molecular complexity index is 877. The molecule has 30 heavy (non-hydrogen) atoms. The van der Waals surface area contributed by atoms with Crippen LogP contribution in [0.25, 0.3) is 0 Å². The van der Waals surface area contributed by atoms with Gasteiger partial charge in [-0.2, -0.15) is 0 Å². The Morgan fingerprint density at radius 2 is 1.83 bits per heavy atom. The van der Waals surface area contributed by atoms with Gasteiger partial charge < -0.3 is 20.3 Å². The van der Waals surface area contributed by atoms with Gasteiger partial charge in [0.05, 0.1) is 18.2 Å². The van der Waals surface area contributed by atoms with Gasteiger partial charge >= 0.3 is 5.97 Å². The van der Waals surface area contributed by atoms with E-state index in [0.29, 0.717) is 17.3 Å². The Balaban J connectivity index is 1.57. The second-order valence-electron chi connectivity index (χ2n) is 7.71. The summed E-state index contributed by atoms with van der Waals surface area (Å²) in [4.78, 5) is 14.3. The van der Waals surface area contributed by atoms with E-state index in [-0.39, 0.29) is 12.0 Å². The lowest BCUT2D eigenvalue weighted by atomic mass is 10.1. The van der Waals surface area contributed by atoms with Gasteiger partial charge in [-0.1, -0.05) is 12.1 Å². The smallest absolute Gasteiger partial charge is 0.338 e. The third kappa shape index (κ3) is 5.72. The van der Waals surface area contributed by atoms with Gasteiger partial charge in [0, 0.05) is 24.5 Å². The van der Waals surface area contributed by atoms with E-state index in [4.69, 9.17) is 17.0 Å². The normalized spacial score (nSPS) is 14.7. The molecule has 0 bridgehead atoms. The van der Waals surface area contributed by atoms with E-state index in [0.717, 1.165) is 24.3 Å². The number of rotatable bonds is 6. The van der Waals surface area contributed by atoms with Crippen LogP contribution >= 0.6 is 12.2 Å². The Hall–Kier alpha value is -2.60. The number of hydrogen-bond donors (Lipinski definition) is 2. The van der Waals surface area contributed by atoms with Gasteiger partial charge in [0.15, 0.2) is 5.11 Å². The Kier molecular flexibility index (Phi) is 7.69. The number of piperidine rings is 1. The van der Waals surface area contributed by atoms with Crippen LogP contribution in [0.2, 0.25) is 0 Å². The molecule has 0 unspecified atom stereocenters. The molecule has 0 radical (unpaired) electrons. The van der Waals surface area contributed by atoms with Crippen LogP contribution in [0.1, 0.15) is 60.6 Å². The van der Waals surface area contributed by atoms with Crippen LogP contribution in [-0.4, -0.2) is 30.8 Å².